The molecule has 4 nitrogen and oxygen atoms in total. The fourth-order valence-electron chi connectivity index (χ4n) is 4.08. The number of fused-ring (bicyclic) bond motifs is 3. The molecule has 4 aromatic rings. The van der Waals surface area contributed by atoms with Crippen molar-refractivity contribution in [2.45, 2.75) is 25.7 Å². The number of benzene rings is 3. The molecular formula is C25H21BrN2O2. The molecule has 5 heteroatoms. The van der Waals surface area contributed by atoms with E-state index in [1.165, 1.54) is 5.56 Å². The van der Waals surface area contributed by atoms with Crippen LogP contribution >= 0.6 is 15.9 Å². The number of hydrogen-bond acceptors (Lipinski definition) is 4. The van der Waals surface area contributed by atoms with Crippen LogP contribution in [0.3, 0.4) is 0 Å². The summed E-state index contributed by atoms with van der Waals surface area (Å²) < 4.78 is 6.73. The summed E-state index contributed by atoms with van der Waals surface area (Å²) in [5, 5.41) is 18.5. The Kier molecular flexibility index (Phi) is 5.05. The number of nitrogens with zero attached hydrogens (tertiary/aromatic N) is 2. The Morgan fingerprint density at radius 3 is 2.23 bits per heavy atom. The Morgan fingerprint density at radius 2 is 1.57 bits per heavy atom. The van der Waals surface area contributed by atoms with E-state index in [0.29, 0.717) is 10.0 Å². The lowest BCUT2D eigenvalue weighted by Gasteiger charge is -2.19. The Morgan fingerprint density at radius 1 is 0.933 bits per heavy atom. The van der Waals surface area contributed by atoms with Crippen molar-refractivity contribution in [3.63, 3.8) is 0 Å². The van der Waals surface area contributed by atoms with Crippen LogP contribution in [0, 0.1) is 0 Å². The number of phenols is 1. The molecule has 0 bridgehead atoms. The molecule has 0 aliphatic heterocycles. The van der Waals surface area contributed by atoms with E-state index < -0.39 is 0 Å². The van der Waals surface area contributed by atoms with Crippen molar-refractivity contribution in [2.24, 2.45) is 5.10 Å². The molecule has 1 aromatic heterocycles. The molecular weight excluding hydrogens is 440 g/mol. The lowest BCUT2D eigenvalue weighted by molar-refractivity contribution is 0.471. The monoisotopic (exact) mass is 460 g/mol. The van der Waals surface area contributed by atoms with E-state index in [1.54, 1.807) is 6.21 Å². The van der Waals surface area contributed by atoms with Gasteiger partial charge in [0.05, 0.1) is 22.1 Å². The van der Waals surface area contributed by atoms with Gasteiger partial charge in [0, 0.05) is 22.9 Å². The first-order valence-electron chi connectivity index (χ1n) is 10.1. The van der Waals surface area contributed by atoms with E-state index in [2.05, 4.69) is 15.9 Å². The Hall–Kier alpha value is -3.05. The van der Waals surface area contributed by atoms with Crippen LogP contribution in [0.1, 0.15) is 29.7 Å². The fourth-order valence-corrected chi connectivity index (χ4v) is 4.50. The summed E-state index contributed by atoms with van der Waals surface area (Å²) in [6.07, 6.45) is 5.92. The minimum Gasteiger partial charge on any atom is -0.506 e. The number of hydrazone groups is 1. The average molecular weight is 461 g/mol. The molecule has 150 valence electrons. The molecule has 5 rings (SSSR count). The van der Waals surface area contributed by atoms with Gasteiger partial charge in [-0.2, -0.15) is 5.10 Å². The van der Waals surface area contributed by atoms with Crippen LogP contribution in [0.25, 0.3) is 11.0 Å². The first-order valence-corrected chi connectivity index (χ1v) is 10.9. The number of hydrogen-bond donors (Lipinski definition) is 1. The summed E-state index contributed by atoms with van der Waals surface area (Å²) in [4.78, 5) is 0. The van der Waals surface area contributed by atoms with Gasteiger partial charge in [-0.3, -0.25) is 0 Å². The smallest absolute Gasteiger partial charge is 0.139 e. The number of furan rings is 1. The maximum Gasteiger partial charge on any atom is 0.139 e. The molecule has 30 heavy (non-hydrogen) atoms. The summed E-state index contributed by atoms with van der Waals surface area (Å²) in [6.45, 7) is 0. The van der Waals surface area contributed by atoms with Crippen molar-refractivity contribution in [3.8, 4) is 5.75 Å². The van der Waals surface area contributed by atoms with Crippen LogP contribution in [-0.2, 0) is 12.8 Å². The van der Waals surface area contributed by atoms with Crippen LogP contribution in [0.5, 0.6) is 5.75 Å². The van der Waals surface area contributed by atoms with E-state index in [1.807, 2.05) is 71.7 Å². The van der Waals surface area contributed by atoms with Crippen LogP contribution in [-0.4, -0.2) is 11.3 Å². The van der Waals surface area contributed by atoms with E-state index in [-0.39, 0.29) is 5.75 Å². The van der Waals surface area contributed by atoms with Crippen molar-refractivity contribution in [2.75, 3.05) is 5.01 Å². The van der Waals surface area contributed by atoms with Crippen LogP contribution < -0.4 is 5.01 Å². The summed E-state index contributed by atoms with van der Waals surface area (Å²) in [7, 11) is 0. The molecule has 0 unspecified atom stereocenters. The van der Waals surface area contributed by atoms with Gasteiger partial charge in [-0.15, -0.1) is 0 Å². The van der Waals surface area contributed by atoms with Gasteiger partial charge >= 0.3 is 0 Å². The highest BCUT2D eigenvalue weighted by Gasteiger charge is 2.23. The molecule has 0 saturated carbocycles. The third kappa shape index (κ3) is 3.39. The quantitative estimate of drug-likeness (QED) is 0.264. The number of aromatic hydroxyl groups is 1. The second kappa shape index (κ2) is 8.00. The fraction of sp³-hybridized carbons (Fsp3) is 0.160. The van der Waals surface area contributed by atoms with E-state index in [0.717, 1.165) is 53.8 Å². The molecule has 0 atom stereocenters. The molecule has 0 fully saturated rings. The minimum atomic E-state index is 0.182. The third-order valence-corrected chi connectivity index (χ3v) is 6.12. The first kappa shape index (κ1) is 18.9. The second-order valence-corrected chi connectivity index (χ2v) is 8.29. The van der Waals surface area contributed by atoms with Crippen molar-refractivity contribution in [1.82, 2.24) is 0 Å². The molecule has 1 aliphatic rings. The highest BCUT2D eigenvalue weighted by molar-refractivity contribution is 9.10. The van der Waals surface area contributed by atoms with E-state index >= 15 is 0 Å². The van der Waals surface area contributed by atoms with Crippen molar-refractivity contribution >= 4 is 44.5 Å². The Bertz CT molecular complexity index is 1180. The van der Waals surface area contributed by atoms with Gasteiger partial charge in [0.15, 0.2) is 0 Å². The molecule has 3 aromatic carbocycles. The van der Waals surface area contributed by atoms with E-state index in [9.17, 15) is 5.11 Å². The van der Waals surface area contributed by atoms with Crippen molar-refractivity contribution < 1.29 is 9.52 Å². The predicted molar refractivity (Wildman–Crippen MR) is 125 cm³/mol. The number of halogens is 1. The lowest BCUT2D eigenvalue weighted by atomic mass is 9.94. The largest absolute Gasteiger partial charge is 0.506 e. The van der Waals surface area contributed by atoms with Gasteiger partial charge in [0.25, 0.3) is 0 Å². The molecule has 1 N–H and O–H groups in total. The number of rotatable bonds is 4. The summed E-state index contributed by atoms with van der Waals surface area (Å²) in [6, 6.07) is 21.8. The number of anilines is 2. The van der Waals surface area contributed by atoms with Gasteiger partial charge in [0.2, 0.25) is 0 Å². The zero-order valence-corrected chi connectivity index (χ0v) is 18.0. The molecule has 1 heterocycles. The number of para-hydroxylation sites is 2. The SMILES string of the molecule is Oc1c(Br)cc2oc3c(c2c1/C=N/N(c1ccccc1)c1ccccc1)CCCC3. The van der Waals surface area contributed by atoms with Gasteiger partial charge < -0.3 is 9.52 Å². The Balaban J connectivity index is 1.66. The van der Waals surface area contributed by atoms with Crippen LogP contribution in [0.2, 0.25) is 0 Å². The highest BCUT2D eigenvalue weighted by atomic mass is 79.9. The summed E-state index contributed by atoms with van der Waals surface area (Å²) in [5.74, 6) is 1.22. The summed E-state index contributed by atoms with van der Waals surface area (Å²) >= 11 is 3.47. The third-order valence-electron chi connectivity index (χ3n) is 5.51. The van der Waals surface area contributed by atoms with Crippen LogP contribution in [0.4, 0.5) is 11.4 Å². The maximum atomic E-state index is 10.9. The zero-order valence-electron chi connectivity index (χ0n) is 16.4. The number of phenolic OH excluding ortho intramolecular Hbond substituents is 1. The van der Waals surface area contributed by atoms with Crippen molar-refractivity contribution in [1.29, 1.82) is 0 Å². The average Bonchev–Trinajstić information content (AvgIpc) is 3.15. The molecule has 0 spiro atoms. The maximum absolute atomic E-state index is 10.9. The van der Waals surface area contributed by atoms with Gasteiger partial charge in [0.1, 0.15) is 17.1 Å². The second-order valence-electron chi connectivity index (χ2n) is 7.43. The topological polar surface area (TPSA) is 49.0 Å². The van der Waals surface area contributed by atoms with Gasteiger partial charge in [-0.25, -0.2) is 5.01 Å². The highest BCUT2D eigenvalue weighted by Crippen LogP contribution is 2.40. The molecule has 1 aliphatic carbocycles. The van der Waals surface area contributed by atoms with Gasteiger partial charge in [-0.1, -0.05) is 36.4 Å². The van der Waals surface area contributed by atoms with Crippen molar-refractivity contribution in [3.05, 3.63) is 88.1 Å². The molecule has 0 amide bonds. The first-order chi connectivity index (χ1) is 14.7. The standard InChI is InChI=1S/C25H21BrN2O2/c26-21-15-23-24(19-13-7-8-14-22(19)30-23)20(25(21)29)16-27-28(17-9-3-1-4-10-17)18-11-5-2-6-12-18/h1-6,9-12,15-16,29H,7-8,13-14H2/b27-16+. The predicted octanol–water partition coefficient (Wildman–Crippen LogP) is 6.95. The zero-order chi connectivity index (χ0) is 20.5. The molecule has 0 saturated heterocycles. The normalized spacial score (nSPS) is 13.6. The molecule has 0 radical (unpaired) electrons. The number of aryl methyl sites for hydroxylation is 2. The summed E-state index contributed by atoms with van der Waals surface area (Å²) in [5.41, 5.74) is 4.56. The van der Waals surface area contributed by atoms with Gasteiger partial charge in [-0.05, 0) is 65.5 Å². The Labute approximate surface area is 183 Å². The lowest BCUT2D eigenvalue weighted by Crippen LogP contribution is -2.09. The van der Waals surface area contributed by atoms with E-state index in [4.69, 9.17) is 9.52 Å². The van der Waals surface area contributed by atoms with Crippen LogP contribution in [0.15, 0.2) is 80.7 Å². The minimum absolute atomic E-state index is 0.182.